The van der Waals surface area contributed by atoms with Crippen LogP contribution in [0.4, 0.5) is 0 Å². The third-order valence-electron chi connectivity index (χ3n) is 1.09. The van der Waals surface area contributed by atoms with Crippen molar-refractivity contribution in [3.8, 4) is 0 Å². The first-order valence-electron chi connectivity index (χ1n) is 2.55. The first-order valence-corrected chi connectivity index (χ1v) is 3.58. The van der Waals surface area contributed by atoms with Crippen LogP contribution < -0.4 is 0 Å². The molecule has 0 bridgehead atoms. The largest absolute Gasteiger partial charge is 0.319 e. The molecule has 1 amide bonds. The Labute approximate surface area is 65.7 Å². The monoisotopic (exact) mass is 183 g/mol. The summed E-state index contributed by atoms with van der Waals surface area (Å²) in [6.07, 6.45) is 1.58. The quantitative estimate of drug-likeness (QED) is 0.592. The van der Waals surface area contributed by atoms with Crippen LogP contribution in [0.3, 0.4) is 0 Å². The Morgan fingerprint density at radius 1 is 1.40 bits per heavy atom. The van der Waals surface area contributed by atoms with E-state index in [1.807, 2.05) is 0 Å². The average molecular weight is 184 g/mol. The fourth-order valence-electron chi connectivity index (χ4n) is 0.478. The third kappa shape index (κ3) is 2.93. The molecule has 10 heavy (non-hydrogen) atoms. The smallest absolute Gasteiger partial charge is 0.271 e. The number of nitrogens with zero attached hydrogens (tertiary/aromatic N) is 1. The molecular formula is C4H6ClNO3S. The lowest BCUT2D eigenvalue weighted by atomic mass is 10.4. The van der Waals surface area contributed by atoms with Gasteiger partial charge >= 0.3 is 10.5 Å². The molecule has 6 heteroatoms. The normalized spacial score (nSPS) is 15.2. The lowest BCUT2D eigenvalue weighted by molar-refractivity contribution is -0.118. The highest BCUT2D eigenvalue weighted by Crippen LogP contribution is 2.29. The van der Waals surface area contributed by atoms with Crippen LogP contribution in [-0.2, 0) is 15.3 Å². The van der Waals surface area contributed by atoms with Gasteiger partial charge in [0.1, 0.15) is 0 Å². The van der Waals surface area contributed by atoms with Gasteiger partial charge in [-0.25, -0.2) is 0 Å². The summed E-state index contributed by atoms with van der Waals surface area (Å²) < 4.78 is 22.3. The van der Waals surface area contributed by atoms with Crippen molar-refractivity contribution in [1.82, 2.24) is 0 Å². The van der Waals surface area contributed by atoms with Crippen LogP contribution in [0.15, 0.2) is 4.36 Å². The second kappa shape index (κ2) is 3.68. The third-order valence-corrected chi connectivity index (χ3v) is 1.42. The predicted molar refractivity (Wildman–Crippen MR) is 36.3 cm³/mol. The van der Waals surface area contributed by atoms with Crippen LogP contribution in [0.25, 0.3) is 0 Å². The van der Waals surface area contributed by atoms with Gasteiger partial charge in [-0.3, -0.25) is 4.79 Å². The summed E-state index contributed by atoms with van der Waals surface area (Å²) in [6, 6.07) is 0. The zero-order valence-electron chi connectivity index (χ0n) is 4.98. The maximum absolute atomic E-state index is 10.5. The van der Waals surface area contributed by atoms with E-state index < -0.39 is 16.4 Å². The molecule has 0 aromatic rings. The molecule has 0 aromatic carbocycles. The summed E-state index contributed by atoms with van der Waals surface area (Å²) in [4.78, 5) is 10.5. The zero-order chi connectivity index (χ0) is 6.85. The van der Waals surface area contributed by atoms with Crippen molar-refractivity contribution in [3.05, 3.63) is 0 Å². The van der Waals surface area contributed by atoms with E-state index in [1.54, 1.807) is 0 Å². The van der Waals surface area contributed by atoms with Gasteiger partial charge in [0.2, 0.25) is 0 Å². The van der Waals surface area contributed by atoms with E-state index in [0.29, 0.717) is 0 Å². The summed E-state index contributed by atoms with van der Waals surface area (Å²) in [7, 11) is -2.55. The summed E-state index contributed by atoms with van der Waals surface area (Å²) in [5.74, 6) is -0.591. The van der Waals surface area contributed by atoms with Gasteiger partial charge in [0, 0.05) is 5.92 Å². The Kier molecular flexibility index (Phi) is 3.52. The van der Waals surface area contributed by atoms with Gasteiger partial charge in [0.05, 0.1) is 0 Å². The molecule has 0 aromatic heterocycles. The molecule has 0 spiro atoms. The lowest BCUT2D eigenvalue weighted by Gasteiger charge is -1.76. The van der Waals surface area contributed by atoms with E-state index >= 15 is 0 Å². The number of rotatable bonds is 1. The highest BCUT2D eigenvalue weighted by molar-refractivity contribution is 7.62. The number of carbonyl (C=O) groups is 1. The van der Waals surface area contributed by atoms with Crippen LogP contribution in [-0.4, -0.2) is 14.3 Å². The molecule has 0 radical (unpaired) electrons. The van der Waals surface area contributed by atoms with E-state index in [2.05, 4.69) is 4.36 Å². The van der Waals surface area contributed by atoms with E-state index in [0.717, 1.165) is 12.8 Å². The highest BCUT2D eigenvalue weighted by Gasteiger charge is 2.29. The second-order valence-corrected chi connectivity index (χ2v) is 2.54. The van der Waals surface area contributed by atoms with Crippen molar-refractivity contribution in [2.24, 2.45) is 10.3 Å². The van der Waals surface area contributed by atoms with Crippen molar-refractivity contribution in [2.45, 2.75) is 12.8 Å². The van der Waals surface area contributed by atoms with Crippen LogP contribution in [0.2, 0.25) is 0 Å². The maximum atomic E-state index is 10.5. The van der Waals surface area contributed by atoms with E-state index in [-0.39, 0.29) is 18.3 Å². The Morgan fingerprint density at radius 3 is 2.20 bits per heavy atom. The minimum atomic E-state index is -2.55. The summed E-state index contributed by atoms with van der Waals surface area (Å²) in [5, 5.41) is 0. The first kappa shape index (κ1) is 9.58. The standard InChI is InChI=1S/C4H5NO3S.ClH/c6-4(3-1-2-3)5-9(7)8;/h3H,1-2H2;1H. The summed E-state index contributed by atoms with van der Waals surface area (Å²) >= 11 is 0. The number of carbonyl (C=O) groups excluding carboxylic acids is 1. The molecule has 58 valence electrons. The number of amides is 1. The molecular weight excluding hydrogens is 178 g/mol. The van der Waals surface area contributed by atoms with Gasteiger partial charge in [0.25, 0.3) is 5.91 Å². The maximum Gasteiger partial charge on any atom is 0.319 e. The fourth-order valence-corrected chi connectivity index (χ4v) is 0.774. The fraction of sp³-hybridized carbons (Fsp3) is 0.750. The minimum absolute atomic E-state index is 0. The van der Waals surface area contributed by atoms with Gasteiger partial charge in [-0.1, -0.05) is 4.36 Å². The SMILES string of the molecule is Cl.O=C(N=S(=O)=O)C1CC1. The molecule has 1 saturated carbocycles. The molecule has 0 heterocycles. The minimum Gasteiger partial charge on any atom is -0.271 e. The van der Waals surface area contributed by atoms with Crippen molar-refractivity contribution in [2.75, 3.05) is 0 Å². The van der Waals surface area contributed by atoms with Crippen molar-refractivity contribution in [3.63, 3.8) is 0 Å². The molecule has 0 N–H and O–H groups in total. The van der Waals surface area contributed by atoms with Gasteiger partial charge in [-0.2, -0.15) is 8.42 Å². The molecule has 0 saturated heterocycles. The Morgan fingerprint density at radius 2 is 1.90 bits per heavy atom. The van der Waals surface area contributed by atoms with Crippen LogP contribution >= 0.6 is 12.4 Å². The Bertz CT molecular complexity index is 246. The van der Waals surface area contributed by atoms with E-state index in [9.17, 15) is 13.2 Å². The topological polar surface area (TPSA) is 63.6 Å². The molecule has 1 fully saturated rings. The Hall–Kier alpha value is -0.420. The van der Waals surface area contributed by atoms with Crippen LogP contribution in [0.5, 0.6) is 0 Å². The lowest BCUT2D eigenvalue weighted by Crippen LogP contribution is -1.92. The van der Waals surface area contributed by atoms with Gasteiger partial charge in [-0.05, 0) is 12.8 Å². The summed E-state index contributed by atoms with van der Waals surface area (Å²) in [6.45, 7) is 0. The second-order valence-electron chi connectivity index (χ2n) is 1.92. The van der Waals surface area contributed by atoms with Gasteiger partial charge in [0.15, 0.2) is 0 Å². The predicted octanol–water partition coefficient (Wildman–Crippen LogP) is 0.407. The first-order chi connectivity index (χ1) is 4.20. The van der Waals surface area contributed by atoms with E-state index in [4.69, 9.17) is 0 Å². The molecule has 0 aliphatic heterocycles. The molecule has 1 rings (SSSR count). The van der Waals surface area contributed by atoms with E-state index in [1.165, 1.54) is 0 Å². The number of hydrogen-bond acceptors (Lipinski definition) is 3. The van der Waals surface area contributed by atoms with Crippen LogP contribution in [0.1, 0.15) is 12.8 Å². The van der Waals surface area contributed by atoms with Gasteiger partial charge < -0.3 is 0 Å². The van der Waals surface area contributed by atoms with Crippen molar-refractivity contribution in [1.29, 1.82) is 0 Å². The molecule has 4 nitrogen and oxygen atoms in total. The molecule has 0 atom stereocenters. The zero-order valence-corrected chi connectivity index (χ0v) is 6.61. The average Bonchev–Trinajstić information content (AvgIpc) is 2.40. The number of hydrogen-bond donors (Lipinski definition) is 0. The van der Waals surface area contributed by atoms with Crippen molar-refractivity contribution >= 4 is 28.8 Å². The molecule has 1 aliphatic carbocycles. The Balaban J connectivity index is 0.000000810. The molecule has 0 unspecified atom stereocenters. The van der Waals surface area contributed by atoms with Gasteiger partial charge in [-0.15, -0.1) is 12.4 Å². The number of halogens is 1. The highest BCUT2D eigenvalue weighted by atomic mass is 35.5. The summed E-state index contributed by atoms with van der Waals surface area (Å²) in [5.41, 5.74) is 0. The molecule has 1 aliphatic rings. The van der Waals surface area contributed by atoms with Crippen LogP contribution in [0, 0.1) is 5.92 Å². The van der Waals surface area contributed by atoms with Crippen molar-refractivity contribution < 1.29 is 13.2 Å².